The van der Waals surface area contributed by atoms with E-state index in [9.17, 15) is 32.0 Å². The van der Waals surface area contributed by atoms with E-state index < -0.39 is 74.4 Å². The van der Waals surface area contributed by atoms with E-state index >= 15 is 0 Å². The number of benzene rings is 1. The number of sulfonamides is 1. The number of carbonyl (C=O) groups excluding carboxylic acids is 4. The minimum absolute atomic E-state index is 0.00465. The highest BCUT2D eigenvalue weighted by Crippen LogP contribution is 2.46. The Hall–Kier alpha value is -4.93. The minimum atomic E-state index is -3.92. The number of allylic oxidation sites excluding steroid dienone is 1. The van der Waals surface area contributed by atoms with Crippen molar-refractivity contribution in [2.24, 2.45) is 5.92 Å². The monoisotopic (exact) mass is 779 g/mol. The Balaban J connectivity index is 1.20. The summed E-state index contributed by atoms with van der Waals surface area (Å²) < 4.78 is 53.7. The summed E-state index contributed by atoms with van der Waals surface area (Å²) in [4.78, 5) is 66.6. The van der Waals surface area contributed by atoms with Crippen LogP contribution in [0.1, 0.15) is 106 Å². The lowest BCUT2D eigenvalue weighted by molar-refractivity contribution is -0.141. The number of aryl methyl sites for hydroxylation is 1. The van der Waals surface area contributed by atoms with E-state index in [1.54, 1.807) is 0 Å². The van der Waals surface area contributed by atoms with Crippen LogP contribution >= 0.6 is 0 Å². The van der Waals surface area contributed by atoms with Crippen LogP contribution in [0.2, 0.25) is 0 Å². The molecule has 5 atom stereocenters. The van der Waals surface area contributed by atoms with Gasteiger partial charge in [0.25, 0.3) is 11.8 Å². The second kappa shape index (κ2) is 15.3. The van der Waals surface area contributed by atoms with Gasteiger partial charge in [-0.15, -0.1) is 0 Å². The molecule has 2 saturated carbocycles. The van der Waals surface area contributed by atoms with Gasteiger partial charge in [-0.25, -0.2) is 22.8 Å². The molecule has 15 nitrogen and oxygen atoms in total. The Labute approximate surface area is 318 Å². The maximum atomic E-state index is 14.6. The number of fused-ring (bicyclic) bond motifs is 3. The van der Waals surface area contributed by atoms with E-state index in [1.807, 2.05) is 32.9 Å². The van der Waals surface area contributed by atoms with Crippen LogP contribution in [0.15, 0.2) is 40.9 Å². The van der Waals surface area contributed by atoms with Crippen LogP contribution in [-0.4, -0.2) is 87.6 Å². The largest absolute Gasteiger partial charge is 0.471 e. The van der Waals surface area contributed by atoms with Gasteiger partial charge in [-0.3, -0.25) is 23.9 Å². The van der Waals surface area contributed by atoms with Crippen molar-refractivity contribution >= 4 is 44.7 Å². The number of carbonyl (C=O) groups is 4. The number of hydrogen-bond donors (Lipinski definition) is 3. The molecule has 4 amide bonds. The molecule has 17 heteroatoms. The molecule has 1 aromatic carbocycles. The van der Waals surface area contributed by atoms with Crippen LogP contribution in [0, 0.1) is 11.7 Å². The van der Waals surface area contributed by atoms with E-state index in [0.717, 1.165) is 12.8 Å². The first-order valence-electron chi connectivity index (χ1n) is 19.0. The van der Waals surface area contributed by atoms with E-state index in [4.69, 9.17) is 9.26 Å². The molecule has 0 bridgehead atoms. The fraction of sp³-hybridized carbons (Fsp3) is 0.553. The number of nitrogens with zero attached hydrogens (tertiary/aromatic N) is 4. The molecular formula is C38H46FN7O8S. The Morgan fingerprint density at radius 2 is 1.91 bits per heavy atom. The smallest absolute Gasteiger partial charge is 0.290 e. The molecule has 2 aliphatic carbocycles. The van der Waals surface area contributed by atoms with Crippen molar-refractivity contribution in [2.75, 3.05) is 6.54 Å². The van der Waals surface area contributed by atoms with Crippen molar-refractivity contribution in [3.8, 4) is 5.88 Å². The zero-order valence-corrected chi connectivity index (χ0v) is 31.9. The molecule has 2 aromatic heterocycles. The lowest BCUT2D eigenvalue weighted by atomic mass is 10.0. The SMILES string of the molecule is CCc1nc2ccc(F)cc2nc1O[C@@H]1C[C@H]2C(=O)N[C@]3(C(=O)NS(=O)(=O)C4CC4)C[C@H]3C=CCCCCC[C@H](NC(=O)c3cc(C(C)C)no3)C(=O)N2C1. The number of aromatic nitrogens is 3. The first-order valence-corrected chi connectivity index (χ1v) is 20.6. The van der Waals surface area contributed by atoms with Crippen molar-refractivity contribution < 1.29 is 41.2 Å². The quantitative estimate of drug-likeness (QED) is 0.268. The molecule has 0 radical (unpaired) electrons. The molecule has 4 aliphatic rings. The number of ether oxygens (including phenoxy) is 1. The highest BCUT2D eigenvalue weighted by molar-refractivity contribution is 7.91. The van der Waals surface area contributed by atoms with Gasteiger partial charge in [0.1, 0.15) is 35.2 Å². The standard InChI is InChI=1S/C38H46FN7O8S/c1-4-26-35(42-30-16-23(39)12-15-27(30)40-26)53-24-17-31-33(47)43-38(37(50)45-55(51,52)25-13-14-25)19-22(38)10-8-6-5-7-9-11-28(36(49)46(31)20-24)41-34(48)32-18-29(21(2)3)44-54-32/h8,10,12,15-16,18,21-22,24-25,28,31H,4-7,9,11,13-14,17,19-20H2,1-3H3,(H,41,48)(H,43,47)(H,45,50)/t22-,24-,28+,31+,38-/m1/s1. The maximum Gasteiger partial charge on any atom is 0.290 e. The normalized spacial score (nSPS) is 26.1. The number of halogens is 1. The lowest BCUT2D eigenvalue weighted by Crippen LogP contribution is -2.58. The molecule has 3 fully saturated rings. The Morgan fingerprint density at radius 3 is 2.64 bits per heavy atom. The second-order valence-electron chi connectivity index (χ2n) is 15.3. The molecule has 55 heavy (non-hydrogen) atoms. The summed E-state index contributed by atoms with van der Waals surface area (Å²) in [5, 5.41) is 8.98. The van der Waals surface area contributed by atoms with Gasteiger partial charge >= 0.3 is 0 Å². The van der Waals surface area contributed by atoms with Gasteiger partial charge in [0.05, 0.1) is 28.5 Å². The third-order valence-corrected chi connectivity index (χ3v) is 12.6. The Morgan fingerprint density at radius 1 is 1.11 bits per heavy atom. The van der Waals surface area contributed by atoms with E-state index in [0.29, 0.717) is 49.0 Å². The predicted molar refractivity (Wildman–Crippen MR) is 197 cm³/mol. The molecule has 0 spiro atoms. The Kier molecular flexibility index (Phi) is 10.7. The molecule has 1 saturated heterocycles. The molecule has 294 valence electrons. The summed E-state index contributed by atoms with van der Waals surface area (Å²) in [7, 11) is -3.92. The average Bonchev–Trinajstić information content (AvgIpc) is 4.02. The second-order valence-corrected chi connectivity index (χ2v) is 17.2. The minimum Gasteiger partial charge on any atom is -0.471 e. The van der Waals surface area contributed by atoms with Gasteiger partial charge in [0.2, 0.25) is 33.5 Å². The average molecular weight is 780 g/mol. The fourth-order valence-corrected chi connectivity index (χ4v) is 8.64. The third kappa shape index (κ3) is 8.21. The number of hydrogen-bond acceptors (Lipinski definition) is 11. The Bertz CT molecular complexity index is 2140. The van der Waals surface area contributed by atoms with Gasteiger partial charge in [-0.2, -0.15) is 0 Å². The van der Waals surface area contributed by atoms with Crippen LogP contribution in [-0.2, 0) is 30.8 Å². The number of amides is 4. The molecular weight excluding hydrogens is 734 g/mol. The third-order valence-electron chi connectivity index (χ3n) is 10.8. The summed E-state index contributed by atoms with van der Waals surface area (Å²) in [5.41, 5.74) is 0.283. The van der Waals surface area contributed by atoms with Gasteiger partial charge in [-0.05, 0) is 63.0 Å². The van der Waals surface area contributed by atoms with Crippen LogP contribution in [0.4, 0.5) is 4.39 Å². The first-order chi connectivity index (χ1) is 26.3. The van der Waals surface area contributed by atoms with Crippen molar-refractivity contribution in [1.82, 2.24) is 35.4 Å². The molecule has 3 N–H and O–H groups in total. The van der Waals surface area contributed by atoms with Gasteiger partial charge < -0.3 is 24.8 Å². The van der Waals surface area contributed by atoms with E-state index in [1.165, 1.54) is 29.2 Å². The summed E-state index contributed by atoms with van der Waals surface area (Å²) in [6.07, 6.45) is 7.48. The zero-order chi connectivity index (χ0) is 39.1. The molecule has 2 aliphatic heterocycles. The first kappa shape index (κ1) is 38.3. The molecule has 3 aromatic rings. The predicted octanol–water partition coefficient (Wildman–Crippen LogP) is 3.59. The van der Waals surface area contributed by atoms with Crippen LogP contribution in [0.3, 0.4) is 0 Å². The highest BCUT2D eigenvalue weighted by Gasteiger charge is 2.62. The van der Waals surface area contributed by atoms with Crippen molar-refractivity contribution in [3.63, 3.8) is 0 Å². The van der Waals surface area contributed by atoms with Crippen molar-refractivity contribution in [2.45, 2.75) is 120 Å². The number of nitrogens with one attached hydrogen (secondary N) is 3. The van der Waals surface area contributed by atoms with E-state index in [-0.39, 0.29) is 48.9 Å². The van der Waals surface area contributed by atoms with Gasteiger partial charge in [0, 0.05) is 24.5 Å². The molecule has 0 unspecified atom stereocenters. The topological polar surface area (TPSA) is 203 Å². The lowest BCUT2D eigenvalue weighted by Gasteiger charge is -2.29. The zero-order valence-electron chi connectivity index (χ0n) is 31.0. The molecule has 7 rings (SSSR count). The highest BCUT2D eigenvalue weighted by atomic mass is 32.2. The summed E-state index contributed by atoms with van der Waals surface area (Å²) in [5.74, 6) is -3.54. The summed E-state index contributed by atoms with van der Waals surface area (Å²) in [6.45, 7) is 5.59. The van der Waals surface area contributed by atoms with Crippen molar-refractivity contribution in [3.05, 3.63) is 59.4 Å². The van der Waals surface area contributed by atoms with Gasteiger partial charge in [0.15, 0.2) is 0 Å². The van der Waals surface area contributed by atoms with Crippen LogP contribution < -0.4 is 20.1 Å². The molecule has 4 heterocycles. The number of rotatable bonds is 9. The summed E-state index contributed by atoms with van der Waals surface area (Å²) >= 11 is 0. The van der Waals surface area contributed by atoms with Crippen molar-refractivity contribution in [1.29, 1.82) is 0 Å². The van der Waals surface area contributed by atoms with Crippen LogP contribution in [0.25, 0.3) is 11.0 Å². The van der Waals surface area contributed by atoms with E-state index in [2.05, 4.69) is 30.5 Å². The maximum absolute atomic E-state index is 14.6. The van der Waals surface area contributed by atoms with Crippen LogP contribution in [0.5, 0.6) is 5.88 Å². The fourth-order valence-electron chi connectivity index (χ4n) is 7.28. The van der Waals surface area contributed by atoms with Gasteiger partial charge in [-0.1, -0.05) is 50.9 Å². The summed E-state index contributed by atoms with van der Waals surface area (Å²) in [6, 6.07) is 3.35.